The van der Waals surface area contributed by atoms with Crippen molar-refractivity contribution in [1.82, 2.24) is 14.8 Å². The SMILES string of the molecule is CCCn1cc(Cl)cc1C(=O)N1CCN[C@H](C)C1. The zero-order chi connectivity index (χ0) is 13.1. The van der Waals surface area contributed by atoms with E-state index >= 15 is 0 Å². The van der Waals surface area contributed by atoms with Crippen molar-refractivity contribution in [2.24, 2.45) is 0 Å². The number of hydrogen-bond donors (Lipinski definition) is 1. The Kier molecular flexibility index (Phi) is 4.30. The lowest BCUT2D eigenvalue weighted by Gasteiger charge is -2.32. The van der Waals surface area contributed by atoms with Gasteiger partial charge in [-0.05, 0) is 19.4 Å². The molecule has 0 spiro atoms. The molecule has 1 aliphatic heterocycles. The molecule has 0 radical (unpaired) electrons. The molecule has 0 bridgehead atoms. The van der Waals surface area contributed by atoms with E-state index in [4.69, 9.17) is 11.6 Å². The Balaban J connectivity index is 2.17. The number of amides is 1. The highest BCUT2D eigenvalue weighted by Crippen LogP contribution is 2.17. The summed E-state index contributed by atoms with van der Waals surface area (Å²) in [6.45, 7) is 7.39. The molecule has 1 N–H and O–H groups in total. The van der Waals surface area contributed by atoms with Crippen molar-refractivity contribution in [3.8, 4) is 0 Å². The Morgan fingerprint density at radius 1 is 1.61 bits per heavy atom. The van der Waals surface area contributed by atoms with Gasteiger partial charge in [0.1, 0.15) is 5.69 Å². The quantitative estimate of drug-likeness (QED) is 0.911. The molecule has 5 heteroatoms. The van der Waals surface area contributed by atoms with Gasteiger partial charge in [-0.3, -0.25) is 4.79 Å². The van der Waals surface area contributed by atoms with E-state index in [1.54, 1.807) is 6.07 Å². The molecule has 1 fully saturated rings. The first-order valence-corrected chi connectivity index (χ1v) is 6.88. The number of aromatic nitrogens is 1. The molecule has 2 heterocycles. The molecular weight excluding hydrogens is 250 g/mol. The minimum Gasteiger partial charge on any atom is -0.342 e. The predicted octanol–water partition coefficient (Wildman–Crippen LogP) is 1.99. The van der Waals surface area contributed by atoms with Crippen LogP contribution in [0.4, 0.5) is 0 Å². The molecule has 0 aliphatic carbocycles. The van der Waals surface area contributed by atoms with E-state index in [1.165, 1.54) is 0 Å². The third-order valence-corrected chi connectivity index (χ3v) is 3.41. The molecule has 0 unspecified atom stereocenters. The number of carbonyl (C=O) groups excluding carboxylic acids is 1. The van der Waals surface area contributed by atoms with Gasteiger partial charge in [-0.25, -0.2) is 0 Å². The molecule has 1 aromatic rings. The summed E-state index contributed by atoms with van der Waals surface area (Å²) in [5.74, 6) is 0.0868. The molecule has 18 heavy (non-hydrogen) atoms. The van der Waals surface area contributed by atoms with E-state index in [0.717, 1.165) is 32.6 Å². The maximum absolute atomic E-state index is 12.5. The van der Waals surface area contributed by atoms with Crippen LogP contribution in [0.25, 0.3) is 0 Å². The van der Waals surface area contributed by atoms with Crippen LogP contribution >= 0.6 is 11.6 Å². The van der Waals surface area contributed by atoms with Gasteiger partial charge in [0.15, 0.2) is 0 Å². The highest BCUT2D eigenvalue weighted by atomic mass is 35.5. The van der Waals surface area contributed by atoms with Gasteiger partial charge in [0.25, 0.3) is 5.91 Å². The van der Waals surface area contributed by atoms with E-state index in [2.05, 4.69) is 19.2 Å². The fourth-order valence-electron chi connectivity index (χ4n) is 2.36. The van der Waals surface area contributed by atoms with Gasteiger partial charge in [-0.1, -0.05) is 18.5 Å². The number of rotatable bonds is 3. The largest absolute Gasteiger partial charge is 0.342 e. The highest BCUT2D eigenvalue weighted by Gasteiger charge is 2.24. The zero-order valence-corrected chi connectivity index (χ0v) is 11.7. The first-order chi connectivity index (χ1) is 8.61. The Morgan fingerprint density at radius 2 is 2.39 bits per heavy atom. The molecule has 1 aliphatic rings. The first-order valence-electron chi connectivity index (χ1n) is 6.50. The molecule has 2 rings (SSSR count). The maximum atomic E-state index is 12.5. The Bertz CT molecular complexity index is 430. The van der Waals surface area contributed by atoms with Gasteiger partial charge in [-0.15, -0.1) is 0 Å². The van der Waals surface area contributed by atoms with Crippen molar-refractivity contribution in [2.45, 2.75) is 32.9 Å². The van der Waals surface area contributed by atoms with Gasteiger partial charge in [-0.2, -0.15) is 0 Å². The lowest BCUT2D eigenvalue weighted by atomic mass is 10.2. The summed E-state index contributed by atoms with van der Waals surface area (Å²) in [5.41, 5.74) is 0.705. The number of nitrogens with zero attached hydrogens (tertiary/aromatic N) is 2. The smallest absolute Gasteiger partial charge is 0.270 e. The second-order valence-corrected chi connectivity index (χ2v) is 5.28. The van der Waals surface area contributed by atoms with Gasteiger partial charge in [0.05, 0.1) is 5.02 Å². The number of piperazine rings is 1. The summed E-state index contributed by atoms with van der Waals surface area (Å²) in [6, 6.07) is 2.12. The van der Waals surface area contributed by atoms with Crippen molar-refractivity contribution in [1.29, 1.82) is 0 Å². The lowest BCUT2D eigenvalue weighted by molar-refractivity contribution is 0.0698. The minimum absolute atomic E-state index is 0.0868. The van der Waals surface area contributed by atoms with Gasteiger partial charge in [0.2, 0.25) is 0 Å². The van der Waals surface area contributed by atoms with E-state index in [0.29, 0.717) is 16.8 Å². The van der Waals surface area contributed by atoms with Crippen molar-refractivity contribution in [3.63, 3.8) is 0 Å². The molecule has 1 amide bonds. The van der Waals surface area contributed by atoms with Crippen LogP contribution in [0.2, 0.25) is 5.02 Å². The number of nitrogens with one attached hydrogen (secondary N) is 1. The zero-order valence-electron chi connectivity index (χ0n) is 10.9. The average molecular weight is 270 g/mol. The predicted molar refractivity (Wildman–Crippen MR) is 73.1 cm³/mol. The average Bonchev–Trinajstić information content (AvgIpc) is 2.70. The van der Waals surface area contributed by atoms with Crippen LogP contribution in [0.5, 0.6) is 0 Å². The fourth-order valence-corrected chi connectivity index (χ4v) is 2.58. The summed E-state index contributed by atoms with van der Waals surface area (Å²) >= 11 is 6.01. The van der Waals surface area contributed by atoms with E-state index in [1.807, 2.05) is 15.7 Å². The minimum atomic E-state index is 0.0868. The van der Waals surface area contributed by atoms with Crippen LogP contribution < -0.4 is 5.32 Å². The van der Waals surface area contributed by atoms with Crippen LogP contribution in [0, 0.1) is 0 Å². The van der Waals surface area contributed by atoms with Crippen LogP contribution in [-0.2, 0) is 6.54 Å². The standard InChI is InChI=1S/C13H20ClN3O/c1-3-5-16-9-11(14)7-12(16)13(18)17-6-4-15-10(2)8-17/h7,9-10,15H,3-6,8H2,1-2H3/t10-/m1/s1. The van der Waals surface area contributed by atoms with E-state index < -0.39 is 0 Å². The molecule has 0 saturated carbocycles. The molecule has 100 valence electrons. The normalized spacial score (nSPS) is 20.2. The summed E-state index contributed by atoms with van der Waals surface area (Å²) < 4.78 is 1.96. The van der Waals surface area contributed by atoms with Crippen LogP contribution in [0.15, 0.2) is 12.3 Å². The molecule has 1 atom stereocenters. The topological polar surface area (TPSA) is 37.3 Å². The van der Waals surface area contributed by atoms with Crippen molar-refractivity contribution < 1.29 is 4.79 Å². The van der Waals surface area contributed by atoms with E-state index in [9.17, 15) is 4.79 Å². The summed E-state index contributed by atoms with van der Waals surface area (Å²) in [4.78, 5) is 14.4. The molecule has 4 nitrogen and oxygen atoms in total. The van der Waals surface area contributed by atoms with Crippen molar-refractivity contribution in [2.75, 3.05) is 19.6 Å². The van der Waals surface area contributed by atoms with E-state index in [-0.39, 0.29) is 5.91 Å². The Morgan fingerprint density at radius 3 is 3.06 bits per heavy atom. The number of carbonyl (C=O) groups is 1. The molecular formula is C13H20ClN3O. The molecule has 1 saturated heterocycles. The highest BCUT2D eigenvalue weighted by molar-refractivity contribution is 6.31. The molecule has 0 aromatic carbocycles. The Hall–Kier alpha value is -1.00. The van der Waals surface area contributed by atoms with Gasteiger partial charge < -0.3 is 14.8 Å². The Labute approximate surface area is 113 Å². The van der Waals surface area contributed by atoms with Gasteiger partial charge >= 0.3 is 0 Å². The lowest BCUT2D eigenvalue weighted by Crippen LogP contribution is -2.51. The third kappa shape index (κ3) is 2.87. The number of hydrogen-bond acceptors (Lipinski definition) is 2. The van der Waals surface area contributed by atoms with Crippen molar-refractivity contribution in [3.05, 3.63) is 23.0 Å². The fraction of sp³-hybridized carbons (Fsp3) is 0.615. The van der Waals surface area contributed by atoms with Crippen LogP contribution in [0.1, 0.15) is 30.8 Å². The number of aryl methyl sites for hydroxylation is 1. The second kappa shape index (κ2) is 5.76. The van der Waals surface area contributed by atoms with Crippen LogP contribution in [0.3, 0.4) is 0 Å². The second-order valence-electron chi connectivity index (χ2n) is 4.84. The summed E-state index contributed by atoms with van der Waals surface area (Å²) in [7, 11) is 0. The summed E-state index contributed by atoms with van der Waals surface area (Å²) in [6.07, 6.45) is 2.83. The number of halogens is 1. The molecule has 1 aromatic heterocycles. The maximum Gasteiger partial charge on any atom is 0.270 e. The van der Waals surface area contributed by atoms with Crippen molar-refractivity contribution >= 4 is 17.5 Å². The third-order valence-electron chi connectivity index (χ3n) is 3.20. The summed E-state index contributed by atoms with van der Waals surface area (Å²) in [5, 5.41) is 3.97. The first kappa shape index (κ1) is 13.4. The van der Waals surface area contributed by atoms with Gasteiger partial charge in [0, 0.05) is 38.4 Å². The van der Waals surface area contributed by atoms with Crippen LogP contribution in [-0.4, -0.2) is 41.1 Å². The monoisotopic (exact) mass is 269 g/mol.